The highest BCUT2D eigenvalue weighted by Crippen LogP contribution is 2.41. The first-order chi connectivity index (χ1) is 16.3. The highest BCUT2D eigenvalue weighted by molar-refractivity contribution is 6.01. The van der Waals surface area contributed by atoms with Gasteiger partial charge in [-0.05, 0) is 65.9 Å². The molecule has 0 bridgehead atoms. The maximum atomic E-state index is 6.60. The van der Waals surface area contributed by atoms with E-state index in [0.29, 0.717) is 0 Å². The highest BCUT2D eigenvalue weighted by atomic mass is 16.3. The fourth-order valence-electron chi connectivity index (χ4n) is 5.05. The summed E-state index contributed by atoms with van der Waals surface area (Å²) in [5, 5.41) is 4.65. The van der Waals surface area contributed by atoms with Crippen molar-refractivity contribution in [2.24, 2.45) is 0 Å². The molecule has 0 radical (unpaired) electrons. The van der Waals surface area contributed by atoms with Crippen molar-refractivity contribution in [1.29, 1.82) is 0 Å². The number of benzene rings is 3. The van der Waals surface area contributed by atoms with Crippen LogP contribution in [0.5, 0.6) is 0 Å². The summed E-state index contributed by atoms with van der Waals surface area (Å²) in [5.41, 5.74) is 6.98. The number of aryl methyl sites for hydroxylation is 2. The molecule has 3 nitrogen and oxygen atoms in total. The quantitative estimate of drug-likeness (QED) is 0.267. The van der Waals surface area contributed by atoms with Crippen molar-refractivity contribution in [3.63, 3.8) is 0 Å². The third-order valence-corrected chi connectivity index (χ3v) is 6.71. The van der Waals surface area contributed by atoms with Crippen LogP contribution in [-0.2, 0) is 5.41 Å². The van der Waals surface area contributed by atoms with Crippen LogP contribution < -0.4 is 0 Å². The second-order valence-electron chi connectivity index (χ2n) is 10.2. The predicted octanol–water partition coefficient (Wildman–Crippen LogP) is 8.98. The number of para-hydroxylation sites is 1. The first-order valence-corrected chi connectivity index (χ1v) is 11.7. The van der Waals surface area contributed by atoms with Crippen LogP contribution in [0.2, 0.25) is 0 Å². The first kappa shape index (κ1) is 20.7. The van der Waals surface area contributed by atoms with Crippen molar-refractivity contribution in [2.75, 3.05) is 0 Å². The Morgan fingerprint density at radius 1 is 0.735 bits per heavy atom. The third kappa shape index (κ3) is 3.15. The van der Waals surface area contributed by atoms with Gasteiger partial charge in [0.15, 0.2) is 5.58 Å². The monoisotopic (exact) mass is 445 g/mol. The lowest BCUT2D eigenvalue weighted by Crippen LogP contribution is -2.12. The first-order valence-electron chi connectivity index (χ1n) is 11.7. The summed E-state index contributed by atoms with van der Waals surface area (Å²) in [6, 6.07) is 23.4. The lowest BCUT2D eigenvalue weighted by atomic mass is 9.82. The average molecular weight is 446 g/mol. The molecule has 168 valence electrons. The second-order valence-corrected chi connectivity index (χ2v) is 10.2. The van der Waals surface area contributed by atoms with Crippen molar-refractivity contribution < 1.29 is 8.83 Å². The van der Waals surface area contributed by atoms with Gasteiger partial charge in [0.2, 0.25) is 0 Å². The van der Waals surface area contributed by atoms with Gasteiger partial charge in [0, 0.05) is 28.1 Å². The Kier molecular flexibility index (Phi) is 4.47. The van der Waals surface area contributed by atoms with Crippen LogP contribution in [-0.4, -0.2) is 4.98 Å². The van der Waals surface area contributed by atoms with E-state index < -0.39 is 0 Å². The summed E-state index contributed by atoms with van der Waals surface area (Å²) < 4.78 is 12.6. The molecule has 3 aromatic heterocycles. The van der Waals surface area contributed by atoms with Crippen LogP contribution in [0.25, 0.3) is 55.3 Å². The summed E-state index contributed by atoms with van der Waals surface area (Å²) in [6.45, 7) is 10.9. The molecule has 0 N–H and O–H groups in total. The normalized spacial score (nSPS) is 12.3. The Hall–Kier alpha value is -3.85. The summed E-state index contributed by atoms with van der Waals surface area (Å²) in [4.78, 5) is 4.80. The van der Waals surface area contributed by atoms with Crippen LogP contribution in [0, 0.1) is 13.8 Å². The van der Waals surface area contributed by atoms with E-state index in [0.717, 1.165) is 55.8 Å². The minimum atomic E-state index is 0.000538. The van der Waals surface area contributed by atoms with E-state index in [4.69, 9.17) is 13.8 Å². The molecular formula is C31H27NO2. The maximum Gasteiger partial charge on any atom is 0.161 e. The standard InChI is InChI=1S/C31H27NO2/c1-18-15-21-10-8-12-25(29(21)33-18)28-19(2)23-13-14-32-27(30(23)34-28)22-16-20-9-6-7-11-24(20)26(17-22)31(3,4)5/h6-17H,1-5H3. The van der Waals surface area contributed by atoms with Crippen molar-refractivity contribution in [2.45, 2.75) is 40.0 Å². The van der Waals surface area contributed by atoms with Gasteiger partial charge >= 0.3 is 0 Å². The lowest BCUT2D eigenvalue weighted by molar-refractivity contribution is 0.575. The fourth-order valence-corrected chi connectivity index (χ4v) is 5.05. The minimum absolute atomic E-state index is 0.000538. The molecule has 0 saturated heterocycles. The summed E-state index contributed by atoms with van der Waals surface area (Å²) in [7, 11) is 0. The molecule has 0 aliphatic carbocycles. The van der Waals surface area contributed by atoms with Gasteiger partial charge in [0.1, 0.15) is 22.8 Å². The maximum absolute atomic E-state index is 6.60. The SMILES string of the molecule is Cc1cc2cccc(-c3oc4c(-c5cc(C(C)(C)C)c6ccccc6c5)nccc4c3C)c2o1. The van der Waals surface area contributed by atoms with Crippen molar-refractivity contribution in [1.82, 2.24) is 4.98 Å². The van der Waals surface area contributed by atoms with Crippen LogP contribution in [0.4, 0.5) is 0 Å². The highest BCUT2D eigenvalue weighted by Gasteiger charge is 2.22. The Bertz CT molecular complexity index is 1710. The van der Waals surface area contributed by atoms with Gasteiger partial charge in [-0.15, -0.1) is 0 Å². The Balaban J connectivity index is 1.63. The van der Waals surface area contributed by atoms with Crippen LogP contribution in [0.1, 0.15) is 37.7 Å². The van der Waals surface area contributed by atoms with E-state index in [9.17, 15) is 0 Å². The van der Waals surface area contributed by atoms with E-state index in [1.165, 1.54) is 16.3 Å². The van der Waals surface area contributed by atoms with E-state index in [1.807, 2.05) is 19.2 Å². The van der Waals surface area contributed by atoms with E-state index in [1.54, 1.807) is 0 Å². The Morgan fingerprint density at radius 3 is 2.35 bits per heavy atom. The molecule has 0 atom stereocenters. The van der Waals surface area contributed by atoms with Gasteiger partial charge in [0.25, 0.3) is 0 Å². The molecule has 0 fully saturated rings. The summed E-state index contributed by atoms with van der Waals surface area (Å²) in [5.74, 6) is 1.73. The Morgan fingerprint density at radius 2 is 1.53 bits per heavy atom. The third-order valence-electron chi connectivity index (χ3n) is 6.71. The molecular weight excluding hydrogens is 418 g/mol. The second kappa shape index (κ2) is 7.33. The molecule has 0 spiro atoms. The fraction of sp³-hybridized carbons (Fsp3) is 0.194. The summed E-state index contributed by atoms with van der Waals surface area (Å²) >= 11 is 0. The van der Waals surface area contributed by atoms with Crippen molar-refractivity contribution >= 4 is 32.7 Å². The van der Waals surface area contributed by atoms with Crippen LogP contribution in [0.15, 0.2) is 81.8 Å². The molecule has 0 aliphatic rings. The van der Waals surface area contributed by atoms with Gasteiger partial charge in [-0.2, -0.15) is 0 Å². The summed E-state index contributed by atoms with van der Waals surface area (Å²) in [6.07, 6.45) is 1.88. The van der Waals surface area contributed by atoms with Crippen LogP contribution in [0.3, 0.4) is 0 Å². The number of nitrogens with zero attached hydrogens (tertiary/aromatic N) is 1. The van der Waals surface area contributed by atoms with Gasteiger partial charge in [-0.3, -0.25) is 4.98 Å². The van der Waals surface area contributed by atoms with Gasteiger partial charge in [-0.1, -0.05) is 57.2 Å². The Labute approximate surface area is 199 Å². The number of fused-ring (bicyclic) bond motifs is 3. The average Bonchev–Trinajstić information content (AvgIpc) is 3.36. The molecule has 3 aromatic carbocycles. The van der Waals surface area contributed by atoms with Crippen molar-refractivity contribution in [3.8, 4) is 22.6 Å². The zero-order valence-corrected chi connectivity index (χ0v) is 20.2. The van der Waals surface area contributed by atoms with Gasteiger partial charge < -0.3 is 8.83 Å². The molecule has 0 amide bonds. The molecule has 0 saturated carbocycles. The zero-order valence-electron chi connectivity index (χ0n) is 20.2. The molecule has 0 unspecified atom stereocenters. The molecule has 6 aromatic rings. The molecule has 3 heteroatoms. The predicted molar refractivity (Wildman–Crippen MR) is 140 cm³/mol. The molecule has 3 heterocycles. The topological polar surface area (TPSA) is 39.2 Å². The van der Waals surface area contributed by atoms with Crippen LogP contribution >= 0.6 is 0 Å². The minimum Gasteiger partial charge on any atom is -0.461 e. The number of pyridine rings is 1. The number of hydrogen-bond donors (Lipinski definition) is 0. The van der Waals surface area contributed by atoms with Gasteiger partial charge in [-0.25, -0.2) is 0 Å². The number of hydrogen-bond acceptors (Lipinski definition) is 3. The van der Waals surface area contributed by atoms with E-state index in [2.05, 4.69) is 88.4 Å². The largest absolute Gasteiger partial charge is 0.461 e. The number of aromatic nitrogens is 1. The smallest absolute Gasteiger partial charge is 0.161 e. The number of rotatable bonds is 2. The van der Waals surface area contributed by atoms with Crippen molar-refractivity contribution in [3.05, 3.63) is 89.8 Å². The molecule has 0 aliphatic heterocycles. The zero-order chi connectivity index (χ0) is 23.6. The lowest BCUT2D eigenvalue weighted by Gasteiger charge is -2.22. The number of furan rings is 2. The van der Waals surface area contributed by atoms with E-state index >= 15 is 0 Å². The molecule has 34 heavy (non-hydrogen) atoms. The molecule has 6 rings (SSSR count). The van der Waals surface area contributed by atoms with Gasteiger partial charge in [0.05, 0.1) is 5.56 Å². The van der Waals surface area contributed by atoms with E-state index in [-0.39, 0.29) is 5.41 Å².